The fourth-order valence-corrected chi connectivity index (χ4v) is 10.1. The fraction of sp³-hybridized carbons (Fsp3) is 0.881. The van der Waals surface area contributed by atoms with Crippen LogP contribution in [-0.2, 0) is 14.3 Å². The minimum absolute atomic E-state index is 0.000655. The highest BCUT2D eigenvalue weighted by molar-refractivity contribution is 5.76. The molecule has 0 aliphatic rings. The van der Waals surface area contributed by atoms with Crippen molar-refractivity contribution in [3.05, 3.63) is 36.5 Å². The zero-order valence-electron chi connectivity index (χ0n) is 49.1. The van der Waals surface area contributed by atoms with E-state index in [0.29, 0.717) is 19.4 Å². The Bertz CT molecular complexity index is 1180. The van der Waals surface area contributed by atoms with Gasteiger partial charge in [0.05, 0.1) is 25.4 Å². The zero-order chi connectivity index (χ0) is 52.9. The maximum absolute atomic E-state index is 12.5. The first-order chi connectivity index (χ1) is 36.0. The van der Waals surface area contributed by atoms with E-state index in [4.69, 9.17) is 4.74 Å². The lowest BCUT2D eigenvalue weighted by Crippen LogP contribution is -2.45. The number of ether oxygens (including phenoxy) is 1. The molecule has 6 heteroatoms. The normalized spacial score (nSPS) is 12.8. The van der Waals surface area contributed by atoms with Crippen molar-refractivity contribution < 1.29 is 24.5 Å². The molecule has 0 bridgehead atoms. The molecule has 0 spiro atoms. The summed E-state index contributed by atoms with van der Waals surface area (Å²) in [7, 11) is 0. The molecule has 0 aromatic rings. The number of hydrogen-bond acceptors (Lipinski definition) is 5. The second kappa shape index (κ2) is 62.6. The third kappa shape index (κ3) is 59.2. The van der Waals surface area contributed by atoms with E-state index in [1.54, 1.807) is 6.08 Å². The number of carbonyl (C=O) groups excluding carboxylic acids is 2. The molecule has 0 rings (SSSR count). The molecular weight excluding hydrogens is 899 g/mol. The maximum Gasteiger partial charge on any atom is 0.305 e. The Balaban J connectivity index is 3.40. The number of hydrogen-bond donors (Lipinski definition) is 3. The molecule has 0 aromatic heterocycles. The van der Waals surface area contributed by atoms with E-state index in [0.717, 1.165) is 51.4 Å². The van der Waals surface area contributed by atoms with Crippen molar-refractivity contribution in [2.24, 2.45) is 0 Å². The number of aliphatic hydroxyl groups is 2. The van der Waals surface area contributed by atoms with E-state index >= 15 is 0 Å². The maximum atomic E-state index is 12.5. The Morgan fingerprint density at radius 2 is 0.685 bits per heavy atom. The summed E-state index contributed by atoms with van der Waals surface area (Å²) in [5.74, 6) is -0.0648. The van der Waals surface area contributed by atoms with Crippen LogP contribution in [0, 0.1) is 0 Å². The second-order valence-corrected chi connectivity index (χ2v) is 22.5. The predicted octanol–water partition coefficient (Wildman–Crippen LogP) is 20.8. The van der Waals surface area contributed by atoms with Crippen LogP contribution >= 0.6 is 0 Å². The Morgan fingerprint density at radius 1 is 0.384 bits per heavy atom. The van der Waals surface area contributed by atoms with Crippen LogP contribution in [0.4, 0.5) is 0 Å². The Hall–Kier alpha value is -1.92. The van der Waals surface area contributed by atoms with E-state index in [2.05, 4.69) is 43.5 Å². The van der Waals surface area contributed by atoms with Crippen molar-refractivity contribution in [1.82, 2.24) is 5.32 Å². The van der Waals surface area contributed by atoms with Crippen LogP contribution in [0.3, 0.4) is 0 Å². The molecule has 73 heavy (non-hydrogen) atoms. The van der Waals surface area contributed by atoms with Gasteiger partial charge in [-0.1, -0.05) is 314 Å². The van der Waals surface area contributed by atoms with E-state index < -0.39 is 12.1 Å². The van der Waals surface area contributed by atoms with Crippen molar-refractivity contribution in [2.75, 3.05) is 13.2 Å². The quantitative estimate of drug-likeness (QED) is 0.0320. The van der Waals surface area contributed by atoms with Gasteiger partial charge < -0.3 is 20.3 Å². The van der Waals surface area contributed by atoms with E-state index in [-0.39, 0.29) is 18.5 Å². The van der Waals surface area contributed by atoms with Crippen LogP contribution in [0.5, 0.6) is 0 Å². The summed E-state index contributed by atoms with van der Waals surface area (Å²) in [5.41, 5.74) is 0. The summed E-state index contributed by atoms with van der Waals surface area (Å²) >= 11 is 0. The lowest BCUT2D eigenvalue weighted by atomic mass is 10.0. The first-order valence-corrected chi connectivity index (χ1v) is 32.8. The molecule has 0 saturated heterocycles. The number of unbranched alkanes of at least 4 members (excludes halogenated alkanes) is 46. The molecular formula is C67H127NO5. The summed E-state index contributed by atoms with van der Waals surface area (Å²) in [4.78, 5) is 24.6. The first kappa shape index (κ1) is 71.1. The molecule has 2 unspecified atom stereocenters. The van der Waals surface area contributed by atoms with E-state index in [1.807, 2.05) is 6.08 Å². The van der Waals surface area contributed by atoms with Gasteiger partial charge in [-0.2, -0.15) is 0 Å². The number of carbonyl (C=O) groups is 2. The topological polar surface area (TPSA) is 95.9 Å². The zero-order valence-corrected chi connectivity index (χ0v) is 49.1. The summed E-state index contributed by atoms with van der Waals surface area (Å²) in [6, 6.07) is -0.628. The van der Waals surface area contributed by atoms with Gasteiger partial charge in [-0.15, -0.1) is 0 Å². The number of esters is 1. The van der Waals surface area contributed by atoms with E-state index in [1.165, 1.54) is 276 Å². The predicted molar refractivity (Wildman–Crippen MR) is 319 cm³/mol. The number of aliphatic hydroxyl groups excluding tert-OH is 2. The van der Waals surface area contributed by atoms with Crippen LogP contribution in [0.25, 0.3) is 0 Å². The van der Waals surface area contributed by atoms with Crippen LogP contribution in [0.15, 0.2) is 36.5 Å². The highest BCUT2D eigenvalue weighted by Gasteiger charge is 2.18. The fourth-order valence-electron chi connectivity index (χ4n) is 10.1. The largest absolute Gasteiger partial charge is 0.466 e. The molecule has 0 radical (unpaired) electrons. The highest BCUT2D eigenvalue weighted by Crippen LogP contribution is 2.18. The summed E-state index contributed by atoms with van der Waals surface area (Å²) < 4.78 is 5.49. The first-order valence-electron chi connectivity index (χ1n) is 32.8. The highest BCUT2D eigenvalue weighted by atomic mass is 16.5. The van der Waals surface area contributed by atoms with Crippen LogP contribution in [-0.4, -0.2) is 47.4 Å². The standard InChI is InChI=1S/C67H127NO5/c1-3-5-7-9-11-13-15-17-19-28-31-35-39-43-47-51-55-59-65(70)64(63-69)68-66(71)60-56-52-48-44-40-36-32-29-26-24-22-21-23-25-27-30-34-38-42-46-50-54-58-62-73-67(72)61-57-53-49-45-41-37-33-20-18-16-14-12-10-8-6-4-2/h14,16,20,33,55,59,64-65,69-70H,3-13,15,17-19,21-32,34-54,56-58,60-63H2,1-2H3,(H,68,71)/b16-14-,33-20-,59-55+. The van der Waals surface area contributed by atoms with Crippen LogP contribution < -0.4 is 5.32 Å². The Morgan fingerprint density at radius 3 is 1.05 bits per heavy atom. The molecule has 430 valence electrons. The van der Waals surface area contributed by atoms with Gasteiger partial charge in [0.1, 0.15) is 0 Å². The van der Waals surface area contributed by atoms with Gasteiger partial charge in [0.15, 0.2) is 0 Å². The molecule has 1 amide bonds. The smallest absolute Gasteiger partial charge is 0.305 e. The van der Waals surface area contributed by atoms with Gasteiger partial charge in [-0.05, 0) is 64.2 Å². The number of rotatable bonds is 61. The average molecular weight is 1030 g/mol. The Labute approximate surface area is 455 Å². The number of amides is 1. The van der Waals surface area contributed by atoms with Crippen LogP contribution in [0.1, 0.15) is 354 Å². The number of nitrogens with one attached hydrogen (secondary N) is 1. The third-order valence-corrected chi connectivity index (χ3v) is 15.2. The van der Waals surface area contributed by atoms with Crippen molar-refractivity contribution in [2.45, 2.75) is 366 Å². The van der Waals surface area contributed by atoms with Gasteiger partial charge in [0, 0.05) is 12.8 Å². The van der Waals surface area contributed by atoms with Gasteiger partial charge >= 0.3 is 5.97 Å². The molecule has 0 fully saturated rings. The molecule has 0 saturated carbocycles. The molecule has 0 aliphatic heterocycles. The molecule has 0 heterocycles. The lowest BCUT2D eigenvalue weighted by Gasteiger charge is -2.20. The summed E-state index contributed by atoms with van der Waals surface area (Å²) in [6.45, 7) is 4.90. The van der Waals surface area contributed by atoms with Crippen LogP contribution in [0.2, 0.25) is 0 Å². The molecule has 2 atom stereocenters. The Kier molecular flexibility index (Phi) is 61.0. The van der Waals surface area contributed by atoms with Crippen molar-refractivity contribution in [3.8, 4) is 0 Å². The van der Waals surface area contributed by atoms with Gasteiger partial charge in [0.2, 0.25) is 5.91 Å². The van der Waals surface area contributed by atoms with Gasteiger partial charge in [-0.3, -0.25) is 9.59 Å². The van der Waals surface area contributed by atoms with Crippen molar-refractivity contribution >= 4 is 11.9 Å². The monoisotopic (exact) mass is 1030 g/mol. The summed E-state index contributed by atoms with van der Waals surface area (Å²) in [6.07, 6.45) is 79.1. The molecule has 6 nitrogen and oxygen atoms in total. The number of allylic oxidation sites excluding steroid dienone is 5. The average Bonchev–Trinajstić information content (AvgIpc) is 3.39. The molecule has 3 N–H and O–H groups in total. The SMILES string of the molecule is CCCCCC/C=C\C/C=C\CCCCCCCC(=O)OCCCCCCCCCCCCCCCCCCCCCCCCCC(=O)NC(CO)C(O)/C=C/CCCCCCCCCCCCCCCCC. The summed E-state index contributed by atoms with van der Waals surface area (Å²) in [5, 5.41) is 23.2. The lowest BCUT2D eigenvalue weighted by molar-refractivity contribution is -0.143. The molecule has 0 aliphatic carbocycles. The minimum Gasteiger partial charge on any atom is -0.466 e. The van der Waals surface area contributed by atoms with Crippen molar-refractivity contribution in [1.29, 1.82) is 0 Å². The third-order valence-electron chi connectivity index (χ3n) is 15.2. The van der Waals surface area contributed by atoms with Gasteiger partial charge in [-0.25, -0.2) is 0 Å². The molecule has 0 aromatic carbocycles. The van der Waals surface area contributed by atoms with Crippen molar-refractivity contribution in [3.63, 3.8) is 0 Å². The minimum atomic E-state index is -0.845. The second-order valence-electron chi connectivity index (χ2n) is 22.5. The van der Waals surface area contributed by atoms with E-state index in [9.17, 15) is 19.8 Å². The van der Waals surface area contributed by atoms with Gasteiger partial charge in [0.25, 0.3) is 0 Å².